The number of benzene rings is 1. The van der Waals surface area contributed by atoms with E-state index in [0.717, 1.165) is 0 Å². The molecule has 20 heavy (non-hydrogen) atoms. The zero-order valence-electron chi connectivity index (χ0n) is 11.7. The highest BCUT2D eigenvalue weighted by Gasteiger charge is 2.44. The third-order valence-electron chi connectivity index (χ3n) is 3.90. The van der Waals surface area contributed by atoms with Gasteiger partial charge < -0.3 is 4.74 Å². The van der Waals surface area contributed by atoms with Crippen molar-refractivity contribution in [2.75, 3.05) is 0 Å². The van der Waals surface area contributed by atoms with E-state index in [1.54, 1.807) is 12.1 Å². The second-order valence-electron chi connectivity index (χ2n) is 5.92. The summed E-state index contributed by atoms with van der Waals surface area (Å²) in [5, 5.41) is 1.09. The van der Waals surface area contributed by atoms with Gasteiger partial charge in [0.1, 0.15) is 5.60 Å². The van der Waals surface area contributed by atoms with Crippen molar-refractivity contribution in [3.8, 4) is 0 Å². The van der Waals surface area contributed by atoms with Gasteiger partial charge in [0.15, 0.2) is 0 Å². The molecule has 1 aromatic rings. The van der Waals surface area contributed by atoms with Gasteiger partial charge in [0.05, 0.1) is 15.6 Å². The van der Waals surface area contributed by atoms with Crippen LogP contribution in [-0.2, 0) is 9.53 Å². The average Bonchev–Trinajstić information content (AvgIpc) is 2.23. The van der Waals surface area contributed by atoms with E-state index in [1.165, 1.54) is 0 Å². The van der Waals surface area contributed by atoms with Gasteiger partial charge in [-0.2, -0.15) is 0 Å². The first-order chi connectivity index (χ1) is 9.05. The van der Waals surface area contributed by atoms with Crippen molar-refractivity contribution in [1.29, 1.82) is 0 Å². The highest BCUT2D eigenvalue weighted by atomic mass is 35.5. The molecule has 2 nitrogen and oxygen atoms in total. The smallest absolute Gasteiger partial charge is 0.339 e. The number of carbonyl (C=O) groups is 1. The first kappa shape index (κ1) is 15.7. The Balaban J connectivity index is 2.65. The molecule has 0 spiro atoms. The van der Waals surface area contributed by atoms with Crippen LogP contribution in [0.5, 0.6) is 0 Å². The number of cyclic esters (lactones) is 1. The first-order valence-electron chi connectivity index (χ1n) is 6.16. The molecular weight excluding hydrogens is 319 g/mol. The molecule has 1 aromatic carbocycles. The Hall–Kier alpha value is -0.700. The van der Waals surface area contributed by atoms with Gasteiger partial charge in [-0.15, -0.1) is 0 Å². The summed E-state index contributed by atoms with van der Waals surface area (Å²) in [5.41, 5.74) is -0.103. The number of halogens is 3. The van der Waals surface area contributed by atoms with Crippen LogP contribution in [0.2, 0.25) is 15.1 Å². The lowest BCUT2D eigenvalue weighted by atomic mass is 9.73. The molecule has 0 atom stereocenters. The first-order valence-corrected chi connectivity index (χ1v) is 7.30. The average molecular weight is 334 g/mol. The monoisotopic (exact) mass is 332 g/mol. The Morgan fingerprint density at radius 2 is 1.50 bits per heavy atom. The van der Waals surface area contributed by atoms with Crippen molar-refractivity contribution in [3.05, 3.63) is 38.8 Å². The lowest BCUT2D eigenvalue weighted by Crippen LogP contribution is -2.45. The summed E-state index contributed by atoms with van der Waals surface area (Å²) in [6.07, 6.45) is 1.86. The Kier molecular flexibility index (Phi) is 3.87. The van der Waals surface area contributed by atoms with Crippen LogP contribution in [0.15, 0.2) is 18.2 Å². The fourth-order valence-electron chi connectivity index (χ4n) is 1.99. The van der Waals surface area contributed by atoms with Crippen LogP contribution in [0.1, 0.15) is 33.3 Å². The van der Waals surface area contributed by atoms with Gasteiger partial charge in [-0.1, -0.05) is 54.7 Å². The SMILES string of the molecule is CC1(C)C=C(c2c(Cl)cc(Cl)cc2Cl)C(=O)OC1(C)C. The Morgan fingerprint density at radius 3 is 2.00 bits per heavy atom. The van der Waals surface area contributed by atoms with Crippen LogP contribution in [-0.4, -0.2) is 11.6 Å². The zero-order chi connectivity index (χ0) is 15.3. The summed E-state index contributed by atoms with van der Waals surface area (Å²) in [6.45, 7) is 7.75. The van der Waals surface area contributed by atoms with E-state index < -0.39 is 11.6 Å². The third-order valence-corrected chi connectivity index (χ3v) is 4.72. The Morgan fingerprint density at radius 1 is 1.00 bits per heavy atom. The summed E-state index contributed by atoms with van der Waals surface area (Å²) in [7, 11) is 0. The minimum atomic E-state index is -0.598. The molecule has 0 bridgehead atoms. The number of esters is 1. The van der Waals surface area contributed by atoms with Gasteiger partial charge in [0.2, 0.25) is 0 Å². The van der Waals surface area contributed by atoms with E-state index in [2.05, 4.69) is 0 Å². The minimum Gasteiger partial charge on any atom is -0.455 e. The van der Waals surface area contributed by atoms with E-state index in [0.29, 0.717) is 26.2 Å². The van der Waals surface area contributed by atoms with E-state index in [9.17, 15) is 4.79 Å². The maximum Gasteiger partial charge on any atom is 0.339 e. The number of hydrogen-bond acceptors (Lipinski definition) is 2. The van der Waals surface area contributed by atoms with E-state index in [-0.39, 0.29) is 5.41 Å². The number of carbonyl (C=O) groups excluding carboxylic acids is 1. The van der Waals surface area contributed by atoms with Gasteiger partial charge in [0.25, 0.3) is 0 Å². The largest absolute Gasteiger partial charge is 0.455 e. The molecule has 0 fully saturated rings. The number of rotatable bonds is 1. The topological polar surface area (TPSA) is 26.3 Å². The van der Waals surface area contributed by atoms with Crippen molar-refractivity contribution in [2.45, 2.75) is 33.3 Å². The van der Waals surface area contributed by atoms with Gasteiger partial charge in [-0.3, -0.25) is 0 Å². The molecule has 2 rings (SSSR count). The summed E-state index contributed by atoms with van der Waals surface area (Å²) in [4.78, 5) is 12.2. The summed E-state index contributed by atoms with van der Waals surface area (Å²) in [6, 6.07) is 3.12. The maximum atomic E-state index is 12.2. The minimum absolute atomic E-state index is 0.334. The standard InChI is InChI=1S/C15H15Cl3O2/c1-14(2)7-9(13(19)20-15(14,3)4)12-10(17)5-8(16)6-11(12)18/h5-7H,1-4H3. The number of ether oxygens (including phenoxy) is 1. The Bertz CT molecular complexity index is 593. The second kappa shape index (κ2) is 4.94. The molecule has 0 saturated heterocycles. The van der Waals surface area contributed by atoms with Gasteiger partial charge >= 0.3 is 5.97 Å². The number of hydrogen-bond donors (Lipinski definition) is 0. The molecule has 0 radical (unpaired) electrons. The van der Waals surface area contributed by atoms with Crippen LogP contribution in [0.25, 0.3) is 5.57 Å². The molecule has 0 saturated carbocycles. The lowest BCUT2D eigenvalue weighted by Gasteiger charge is -2.42. The van der Waals surface area contributed by atoms with Gasteiger partial charge in [0, 0.05) is 16.0 Å². The molecule has 1 aliphatic heterocycles. The molecular formula is C15H15Cl3O2. The third kappa shape index (κ3) is 2.57. The molecule has 5 heteroatoms. The van der Waals surface area contributed by atoms with Crippen LogP contribution >= 0.6 is 34.8 Å². The quantitative estimate of drug-likeness (QED) is 0.644. The van der Waals surface area contributed by atoms with Gasteiger partial charge in [-0.05, 0) is 26.0 Å². The van der Waals surface area contributed by atoms with Crippen LogP contribution < -0.4 is 0 Å². The Labute approximate surface area is 133 Å². The fourth-order valence-corrected chi connectivity index (χ4v) is 3.01. The van der Waals surface area contributed by atoms with E-state index in [1.807, 2.05) is 33.8 Å². The maximum absolute atomic E-state index is 12.2. The van der Waals surface area contributed by atoms with Crippen LogP contribution in [0, 0.1) is 5.41 Å². The molecule has 0 aromatic heterocycles. The fraction of sp³-hybridized carbons (Fsp3) is 0.400. The molecule has 0 aliphatic carbocycles. The van der Waals surface area contributed by atoms with Crippen molar-refractivity contribution in [1.82, 2.24) is 0 Å². The molecule has 0 amide bonds. The summed E-state index contributed by atoms with van der Waals surface area (Å²) in [5.74, 6) is -0.430. The molecule has 108 valence electrons. The highest BCUT2D eigenvalue weighted by Crippen LogP contribution is 2.45. The zero-order valence-corrected chi connectivity index (χ0v) is 14.0. The normalized spacial score (nSPS) is 20.4. The summed E-state index contributed by atoms with van der Waals surface area (Å²) >= 11 is 18.3. The van der Waals surface area contributed by atoms with Crippen LogP contribution in [0.3, 0.4) is 0 Å². The highest BCUT2D eigenvalue weighted by molar-refractivity contribution is 6.42. The second-order valence-corrected chi connectivity index (χ2v) is 7.17. The molecule has 1 heterocycles. The molecule has 1 aliphatic rings. The van der Waals surface area contributed by atoms with Crippen molar-refractivity contribution in [3.63, 3.8) is 0 Å². The lowest BCUT2D eigenvalue weighted by molar-refractivity contribution is -0.160. The van der Waals surface area contributed by atoms with Crippen LogP contribution in [0.4, 0.5) is 0 Å². The summed E-state index contributed by atoms with van der Waals surface area (Å²) < 4.78 is 5.54. The molecule has 0 N–H and O–H groups in total. The van der Waals surface area contributed by atoms with Gasteiger partial charge in [-0.25, -0.2) is 4.79 Å². The predicted molar refractivity (Wildman–Crippen MR) is 83.4 cm³/mol. The van der Waals surface area contributed by atoms with Crippen molar-refractivity contribution in [2.24, 2.45) is 5.41 Å². The van der Waals surface area contributed by atoms with Crippen molar-refractivity contribution >= 4 is 46.3 Å². The predicted octanol–water partition coefficient (Wildman–Crippen LogP) is 5.39. The van der Waals surface area contributed by atoms with Crippen molar-refractivity contribution < 1.29 is 9.53 Å². The van der Waals surface area contributed by atoms with E-state index >= 15 is 0 Å². The molecule has 0 unspecified atom stereocenters. The van der Waals surface area contributed by atoms with E-state index in [4.69, 9.17) is 39.5 Å².